The summed E-state index contributed by atoms with van der Waals surface area (Å²) in [4.78, 5) is 12.0. The Hall–Kier alpha value is -1.88. The Morgan fingerprint density at radius 1 is 1.20 bits per heavy atom. The van der Waals surface area contributed by atoms with Crippen LogP contribution in [0.25, 0.3) is 0 Å². The fourth-order valence-electron chi connectivity index (χ4n) is 1.73. The molecular weight excluding hydrogens is 323 g/mol. The van der Waals surface area contributed by atoms with Gasteiger partial charge >= 0.3 is 0 Å². The van der Waals surface area contributed by atoms with Gasteiger partial charge in [-0.1, -0.05) is 15.9 Å². The average Bonchev–Trinajstić information content (AvgIpc) is 2.43. The first-order valence-corrected chi connectivity index (χ1v) is 7.00. The van der Waals surface area contributed by atoms with E-state index in [1.807, 2.05) is 19.1 Å². The van der Waals surface area contributed by atoms with Gasteiger partial charge in [0.2, 0.25) is 0 Å². The molecule has 104 valence electrons. The number of halogens is 2. The van der Waals surface area contributed by atoms with E-state index in [1.54, 1.807) is 18.2 Å². The van der Waals surface area contributed by atoms with Crippen molar-refractivity contribution in [3.63, 3.8) is 0 Å². The van der Waals surface area contributed by atoms with Crippen LogP contribution in [0.3, 0.4) is 0 Å². The van der Waals surface area contributed by atoms with Crippen LogP contribution < -0.4 is 10.6 Å². The van der Waals surface area contributed by atoms with Gasteiger partial charge in [-0.2, -0.15) is 0 Å². The van der Waals surface area contributed by atoms with Gasteiger partial charge < -0.3 is 10.6 Å². The number of carbonyl (C=O) groups excluding carboxylic acids is 1. The third-order valence-electron chi connectivity index (χ3n) is 2.71. The van der Waals surface area contributed by atoms with Gasteiger partial charge in [0.1, 0.15) is 5.82 Å². The van der Waals surface area contributed by atoms with Crippen molar-refractivity contribution >= 4 is 33.2 Å². The van der Waals surface area contributed by atoms with Crippen molar-refractivity contribution in [1.29, 1.82) is 0 Å². The summed E-state index contributed by atoms with van der Waals surface area (Å²) in [5.74, 6) is -0.814. The lowest BCUT2D eigenvalue weighted by atomic mass is 10.2. The summed E-state index contributed by atoms with van der Waals surface area (Å²) in [6, 6.07) is 11.5. The molecule has 0 fully saturated rings. The van der Waals surface area contributed by atoms with E-state index in [-0.39, 0.29) is 11.6 Å². The van der Waals surface area contributed by atoms with E-state index >= 15 is 0 Å². The van der Waals surface area contributed by atoms with Crippen molar-refractivity contribution < 1.29 is 9.18 Å². The Labute approximate surface area is 125 Å². The Bertz CT molecular complexity index is 614. The molecular formula is C15H14BrFN2O. The number of nitrogens with one attached hydrogen (secondary N) is 2. The van der Waals surface area contributed by atoms with Gasteiger partial charge in [-0.15, -0.1) is 0 Å². The SMILES string of the molecule is CCNc1ccc(C(=O)Nc2ccc(Br)cc2F)cc1. The molecule has 0 radical (unpaired) electrons. The zero-order chi connectivity index (χ0) is 14.5. The first kappa shape index (κ1) is 14.5. The predicted octanol–water partition coefficient (Wildman–Crippen LogP) is 4.27. The molecule has 2 aromatic carbocycles. The Balaban J connectivity index is 2.11. The molecule has 0 aliphatic heterocycles. The standard InChI is InChI=1S/C15H14BrFN2O/c1-2-18-12-6-3-10(4-7-12)15(20)19-14-8-5-11(16)9-13(14)17/h3-9,18H,2H2,1H3,(H,19,20). The molecule has 0 unspecified atom stereocenters. The second-order valence-corrected chi connectivity index (χ2v) is 5.10. The summed E-state index contributed by atoms with van der Waals surface area (Å²) >= 11 is 3.17. The summed E-state index contributed by atoms with van der Waals surface area (Å²) in [7, 11) is 0. The molecule has 3 nitrogen and oxygen atoms in total. The van der Waals surface area contributed by atoms with Crippen molar-refractivity contribution in [2.45, 2.75) is 6.92 Å². The van der Waals surface area contributed by atoms with Crippen LogP contribution in [0.15, 0.2) is 46.9 Å². The predicted molar refractivity (Wildman–Crippen MR) is 82.7 cm³/mol. The molecule has 20 heavy (non-hydrogen) atoms. The van der Waals surface area contributed by atoms with E-state index in [9.17, 15) is 9.18 Å². The zero-order valence-electron chi connectivity index (χ0n) is 10.9. The number of benzene rings is 2. The van der Waals surface area contributed by atoms with Crippen LogP contribution in [0.5, 0.6) is 0 Å². The lowest BCUT2D eigenvalue weighted by Crippen LogP contribution is -2.13. The molecule has 1 amide bonds. The van der Waals surface area contributed by atoms with Crippen LogP contribution in [0.4, 0.5) is 15.8 Å². The molecule has 0 aliphatic rings. The summed E-state index contributed by atoms with van der Waals surface area (Å²) in [5, 5.41) is 5.69. The first-order chi connectivity index (χ1) is 9.60. The molecule has 0 bridgehead atoms. The second-order valence-electron chi connectivity index (χ2n) is 4.19. The van der Waals surface area contributed by atoms with Crippen molar-refractivity contribution in [2.75, 3.05) is 17.2 Å². The smallest absolute Gasteiger partial charge is 0.255 e. The van der Waals surface area contributed by atoms with Crippen LogP contribution in [0.2, 0.25) is 0 Å². The normalized spacial score (nSPS) is 10.2. The number of amides is 1. The van der Waals surface area contributed by atoms with Gasteiger partial charge in [0.05, 0.1) is 5.69 Å². The maximum Gasteiger partial charge on any atom is 0.255 e. The third-order valence-corrected chi connectivity index (χ3v) is 3.20. The molecule has 0 saturated heterocycles. The highest BCUT2D eigenvalue weighted by Gasteiger charge is 2.09. The van der Waals surface area contributed by atoms with Gasteiger partial charge in [-0.25, -0.2) is 4.39 Å². The van der Waals surface area contributed by atoms with E-state index < -0.39 is 5.82 Å². The maximum atomic E-state index is 13.6. The van der Waals surface area contributed by atoms with Gasteiger partial charge in [-0.05, 0) is 49.4 Å². The number of anilines is 2. The summed E-state index contributed by atoms with van der Waals surface area (Å²) in [6.45, 7) is 2.81. The topological polar surface area (TPSA) is 41.1 Å². The van der Waals surface area contributed by atoms with Crippen molar-refractivity contribution in [3.05, 3.63) is 58.3 Å². The Kier molecular flexibility index (Phi) is 4.74. The van der Waals surface area contributed by atoms with Gasteiger partial charge in [0.15, 0.2) is 0 Å². The highest BCUT2D eigenvalue weighted by atomic mass is 79.9. The minimum Gasteiger partial charge on any atom is -0.385 e. The van der Waals surface area contributed by atoms with Crippen LogP contribution in [-0.2, 0) is 0 Å². The van der Waals surface area contributed by atoms with E-state index in [1.165, 1.54) is 12.1 Å². The number of hydrogen-bond donors (Lipinski definition) is 2. The quantitative estimate of drug-likeness (QED) is 0.875. The van der Waals surface area contributed by atoms with Crippen LogP contribution >= 0.6 is 15.9 Å². The molecule has 0 atom stereocenters. The van der Waals surface area contributed by atoms with Crippen molar-refractivity contribution in [2.24, 2.45) is 0 Å². The molecule has 0 aliphatic carbocycles. The maximum absolute atomic E-state index is 13.6. The summed E-state index contributed by atoms with van der Waals surface area (Å²) in [6.07, 6.45) is 0. The van der Waals surface area contributed by atoms with E-state index in [0.29, 0.717) is 10.0 Å². The Morgan fingerprint density at radius 2 is 1.90 bits per heavy atom. The molecule has 0 spiro atoms. The Morgan fingerprint density at radius 3 is 2.50 bits per heavy atom. The highest BCUT2D eigenvalue weighted by Crippen LogP contribution is 2.20. The fraction of sp³-hybridized carbons (Fsp3) is 0.133. The summed E-state index contributed by atoms with van der Waals surface area (Å²) < 4.78 is 14.3. The largest absolute Gasteiger partial charge is 0.385 e. The highest BCUT2D eigenvalue weighted by molar-refractivity contribution is 9.10. The molecule has 5 heteroatoms. The number of hydrogen-bond acceptors (Lipinski definition) is 2. The minimum atomic E-state index is -0.475. The molecule has 0 aromatic heterocycles. The summed E-state index contributed by atoms with van der Waals surface area (Å²) in [5.41, 5.74) is 1.59. The van der Waals surface area contributed by atoms with E-state index in [4.69, 9.17) is 0 Å². The minimum absolute atomic E-state index is 0.161. The van der Waals surface area contributed by atoms with Gasteiger partial charge in [0.25, 0.3) is 5.91 Å². The van der Waals surface area contributed by atoms with E-state index in [0.717, 1.165) is 12.2 Å². The van der Waals surface area contributed by atoms with Gasteiger partial charge in [0, 0.05) is 22.3 Å². The zero-order valence-corrected chi connectivity index (χ0v) is 12.5. The molecule has 0 saturated carbocycles. The molecule has 2 aromatic rings. The van der Waals surface area contributed by atoms with Crippen LogP contribution in [-0.4, -0.2) is 12.5 Å². The van der Waals surface area contributed by atoms with Crippen molar-refractivity contribution in [1.82, 2.24) is 0 Å². The lowest BCUT2D eigenvalue weighted by Gasteiger charge is -2.08. The lowest BCUT2D eigenvalue weighted by molar-refractivity contribution is 0.102. The number of rotatable bonds is 4. The monoisotopic (exact) mass is 336 g/mol. The second kappa shape index (κ2) is 6.52. The first-order valence-electron chi connectivity index (χ1n) is 6.20. The molecule has 2 rings (SSSR count). The van der Waals surface area contributed by atoms with Crippen LogP contribution in [0.1, 0.15) is 17.3 Å². The van der Waals surface area contributed by atoms with Crippen molar-refractivity contribution in [3.8, 4) is 0 Å². The average molecular weight is 337 g/mol. The molecule has 2 N–H and O–H groups in total. The van der Waals surface area contributed by atoms with E-state index in [2.05, 4.69) is 26.6 Å². The molecule has 0 heterocycles. The van der Waals surface area contributed by atoms with Crippen LogP contribution in [0, 0.1) is 5.82 Å². The fourth-order valence-corrected chi connectivity index (χ4v) is 2.06. The van der Waals surface area contributed by atoms with Gasteiger partial charge in [-0.3, -0.25) is 4.79 Å². The number of carbonyl (C=O) groups is 1. The third kappa shape index (κ3) is 3.57.